The number of amides is 2. The summed E-state index contributed by atoms with van der Waals surface area (Å²) in [4.78, 5) is 26.6. The number of nitrogens with zero attached hydrogens (tertiary/aromatic N) is 1. The second kappa shape index (κ2) is 7.97. The molecule has 0 unspecified atom stereocenters. The largest absolute Gasteiger partial charge is 0.349 e. The fourth-order valence-corrected chi connectivity index (χ4v) is 3.27. The van der Waals surface area contributed by atoms with E-state index in [-0.39, 0.29) is 10.7 Å². The number of carbonyl (C=O) groups excluding carboxylic acids is 2. The van der Waals surface area contributed by atoms with Gasteiger partial charge in [-0.3, -0.25) is 9.59 Å². The number of imide groups is 1. The minimum Gasteiger partial charge on any atom is -0.349 e. The van der Waals surface area contributed by atoms with E-state index in [1.54, 1.807) is 12.1 Å². The molecule has 0 saturated heterocycles. The van der Waals surface area contributed by atoms with E-state index in [0.717, 1.165) is 41.0 Å². The molecule has 4 nitrogen and oxygen atoms in total. The number of aryl methyl sites for hydroxylation is 2. The van der Waals surface area contributed by atoms with E-state index >= 15 is 0 Å². The van der Waals surface area contributed by atoms with Crippen molar-refractivity contribution in [3.8, 4) is 0 Å². The predicted molar refractivity (Wildman–Crippen MR) is 110 cm³/mol. The third kappa shape index (κ3) is 3.76. The van der Waals surface area contributed by atoms with Crippen molar-refractivity contribution >= 4 is 34.8 Å². The molecule has 0 spiro atoms. The van der Waals surface area contributed by atoms with Crippen molar-refractivity contribution < 1.29 is 9.59 Å². The number of carbonyl (C=O) groups is 2. The number of benzene rings is 2. The average Bonchev–Trinajstić information content (AvgIpc) is 2.87. The molecule has 1 aliphatic rings. The molecule has 0 radical (unpaired) electrons. The Balaban J connectivity index is 1.84. The number of rotatable bonds is 6. The smallest absolute Gasteiger partial charge is 0.283 e. The van der Waals surface area contributed by atoms with Gasteiger partial charge in [-0.05, 0) is 61.6 Å². The van der Waals surface area contributed by atoms with Crippen molar-refractivity contribution in [1.82, 2.24) is 0 Å². The first-order valence-corrected chi connectivity index (χ1v) is 9.52. The van der Waals surface area contributed by atoms with E-state index in [2.05, 4.69) is 12.2 Å². The normalized spacial score (nSPS) is 14.3. The molecule has 0 saturated carbocycles. The lowest BCUT2D eigenvalue weighted by Crippen LogP contribution is -2.32. The fourth-order valence-electron chi connectivity index (χ4n) is 3.06. The first-order chi connectivity index (χ1) is 12.9. The standard InChI is InChI=1S/C22H23ClN2O2/c1-4-5-8-16-10-12-17(13-11-16)25-21(26)19(23)20(22(25)27)24-18-9-6-7-14(2)15(18)3/h6-7,9-13,24H,4-5,8H2,1-3H3. The fraction of sp³-hybridized carbons (Fsp3) is 0.273. The average molecular weight is 383 g/mol. The van der Waals surface area contributed by atoms with Gasteiger partial charge in [0.05, 0.1) is 5.69 Å². The molecule has 1 aliphatic heterocycles. The molecule has 5 heteroatoms. The zero-order valence-corrected chi connectivity index (χ0v) is 16.6. The van der Waals surface area contributed by atoms with Gasteiger partial charge < -0.3 is 5.32 Å². The summed E-state index contributed by atoms with van der Waals surface area (Å²) >= 11 is 6.22. The zero-order valence-electron chi connectivity index (χ0n) is 15.8. The molecule has 0 fully saturated rings. The van der Waals surface area contributed by atoms with Crippen LogP contribution in [0.4, 0.5) is 11.4 Å². The Bertz CT molecular complexity index is 916. The lowest BCUT2D eigenvalue weighted by molar-refractivity contribution is -0.120. The monoisotopic (exact) mass is 382 g/mol. The third-order valence-corrected chi connectivity index (χ3v) is 5.26. The Morgan fingerprint density at radius 1 is 1.00 bits per heavy atom. The van der Waals surface area contributed by atoms with Crippen LogP contribution in [0.1, 0.15) is 36.5 Å². The summed E-state index contributed by atoms with van der Waals surface area (Å²) < 4.78 is 0. The summed E-state index contributed by atoms with van der Waals surface area (Å²) in [6.45, 7) is 6.10. The molecular weight excluding hydrogens is 360 g/mol. The van der Waals surface area contributed by atoms with Crippen LogP contribution >= 0.6 is 11.6 Å². The predicted octanol–water partition coefficient (Wildman–Crippen LogP) is 5.08. The van der Waals surface area contributed by atoms with Gasteiger partial charge in [0.2, 0.25) is 0 Å². The van der Waals surface area contributed by atoms with E-state index in [4.69, 9.17) is 11.6 Å². The van der Waals surface area contributed by atoms with Crippen LogP contribution < -0.4 is 10.2 Å². The number of hydrogen-bond acceptors (Lipinski definition) is 3. The summed E-state index contributed by atoms with van der Waals surface area (Å²) in [6.07, 6.45) is 3.22. The molecule has 3 rings (SSSR count). The van der Waals surface area contributed by atoms with Crippen LogP contribution in [-0.2, 0) is 16.0 Å². The molecule has 0 bridgehead atoms. The van der Waals surface area contributed by atoms with Crippen molar-refractivity contribution in [3.05, 3.63) is 69.9 Å². The van der Waals surface area contributed by atoms with E-state index in [1.807, 2.05) is 44.2 Å². The van der Waals surface area contributed by atoms with Gasteiger partial charge in [0.1, 0.15) is 10.7 Å². The lowest BCUT2D eigenvalue weighted by Gasteiger charge is -2.16. The second-order valence-electron chi connectivity index (χ2n) is 6.78. The van der Waals surface area contributed by atoms with Crippen molar-refractivity contribution in [2.75, 3.05) is 10.2 Å². The lowest BCUT2D eigenvalue weighted by atomic mass is 10.1. The number of nitrogens with one attached hydrogen (secondary N) is 1. The number of anilines is 2. The first kappa shape index (κ1) is 19.2. The van der Waals surface area contributed by atoms with Gasteiger partial charge in [-0.1, -0.05) is 49.2 Å². The van der Waals surface area contributed by atoms with E-state index in [9.17, 15) is 9.59 Å². The quantitative estimate of drug-likeness (QED) is 0.708. The highest BCUT2D eigenvalue weighted by Crippen LogP contribution is 2.31. The van der Waals surface area contributed by atoms with Gasteiger partial charge in [-0.2, -0.15) is 0 Å². The summed E-state index contributed by atoms with van der Waals surface area (Å²) in [7, 11) is 0. The van der Waals surface area contributed by atoms with Crippen LogP contribution in [0, 0.1) is 13.8 Å². The molecule has 1 heterocycles. The van der Waals surface area contributed by atoms with Gasteiger partial charge in [-0.15, -0.1) is 0 Å². The molecule has 0 aliphatic carbocycles. The van der Waals surface area contributed by atoms with Gasteiger partial charge in [0.25, 0.3) is 11.8 Å². The number of halogens is 1. The SMILES string of the molecule is CCCCc1ccc(N2C(=O)C(Cl)=C(Nc3cccc(C)c3C)C2=O)cc1. The molecule has 140 valence electrons. The van der Waals surface area contributed by atoms with Crippen LogP contribution in [0.15, 0.2) is 53.2 Å². The van der Waals surface area contributed by atoms with Crippen molar-refractivity contribution in [3.63, 3.8) is 0 Å². The minimum atomic E-state index is -0.504. The molecule has 0 atom stereocenters. The molecular formula is C22H23ClN2O2. The van der Waals surface area contributed by atoms with Crippen LogP contribution in [0.25, 0.3) is 0 Å². The van der Waals surface area contributed by atoms with Crippen LogP contribution in [-0.4, -0.2) is 11.8 Å². The molecule has 2 amide bonds. The summed E-state index contributed by atoms with van der Waals surface area (Å²) in [5.74, 6) is -0.942. The Morgan fingerprint density at radius 3 is 2.37 bits per heavy atom. The highest BCUT2D eigenvalue weighted by molar-refractivity contribution is 6.53. The van der Waals surface area contributed by atoms with Crippen molar-refractivity contribution in [1.29, 1.82) is 0 Å². The van der Waals surface area contributed by atoms with E-state index in [0.29, 0.717) is 5.69 Å². The van der Waals surface area contributed by atoms with Crippen LogP contribution in [0.2, 0.25) is 0 Å². The van der Waals surface area contributed by atoms with Crippen LogP contribution in [0.5, 0.6) is 0 Å². The maximum atomic E-state index is 12.9. The summed E-state index contributed by atoms with van der Waals surface area (Å²) in [5.41, 5.74) is 4.70. The topological polar surface area (TPSA) is 49.4 Å². The zero-order chi connectivity index (χ0) is 19.6. The first-order valence-electron chi connectivity index (χ1n) is 9.14. The molecule has 1 N–H and O–H groups in total. The Hall–Kier alpha value is -2.59. The van der Waals surface area contributed by atoms with Crippen molar-refractivity contribution in [2.45, 2.75) is 40.0 Å². The van der Waals surface area contributed by atoms with Crippen LogP contribution in [0.3, 0.4) is 0 Å². The number of hydrogen-bond donors (Lipinski definition) is 1. The highest BCUT2D eigenvalue weighted by atomic mass is 35.5. The van der Waals surface area contributed by atoms with E-state index in [1.165, 1.54) is 5.56 Å². The maximum absolute atomic E-state index is 12.9. The molecule has 2 aromatic rings. The van der Waals surface area contributed by atoms with Gasteiger partial charge in [0, 0.05) is 5.69 Å². The van der Waals surface area contributed by atoms with Gasteiger partial charge >= 0.3 is 0 Å². The summed E-state index contributed by atoms with van der Waals surface area (Å²) in [6, 6.07) is 13.3. The summed E-state index contributed by atoms with van der Waals surface area (Å²) in [5, 5.41) is 2.97. The Kier molecular flexibility index (Phi) is 5.66. The van der Waals surface area contributed by atoms with Gasteiger partial charge in [0.15, 0.2) is 0 Å². The number of unbranched alkanes of at least 4 members (excludes halogenated alkanes) is 1. The minimum absolute atomic E-state index is 0.0871. The Labute approximate surface area is 164 Å². The molecule has 0 aromatic heterocycles. The molecule has 2 aromatic carbocycles. The highest BCUT2D eigenvalue weighted by Gasteiger charge is 2.39. The molecule has 27 heavy (non-hydrogen) atoms. The maximum Gasteiger partial charge on any atom is 0.283 e. The van der Waals surface area contributed by atoms with Crippen molar-refractivity contribution in [2.24, 2.45) is 0 Å². The van der Waals surface area contributed by atoms with Gasteiger partial charge in [-0.25, -0.2) is 4.90 Å². The third-order valence-electron chi connectivity index (χ3n) is 4.91. The Morgan fingerprint density at radius 2 is 1.70 bits per heavy atom. The van der Waals surface area contributed by atoms with E-state index < -0.39 is 11.8 Å². The second-order valence-corrected chi connectivity index (χ2v) is 7.16.